The molecule has 0 saturated heterocycles. The van der Waals surface area contributed by atoms with Crippen molar-refractivity contribution in [2.24, 2.45) is 0 Å². The zero-order chi connectivity index (χ0) is 10.9. The molecule has 1 heterocycles. The minimum atomic E-state index is -0.169. The monoisotopic (exact) mass is 211 g/mol. The van der Waals surface area contributed by atoms with E-state index in [0.717, 1.165) is 19.5 Å². The van der Waals surface area contributed by atoms with Crippen LogP contribution in [0.15, 0.2) is 18.7 Å². The second-order valence-electron chi connectivity index (χ2n) is 3.23. The van der Waals surface area contributed by atoms with Crippen LogP contribution in [0.1, 0.15) is 12.8 Å². The van der Waals surface area contributed by atoms with E-state index in [1.807, 2.05) is 10.8 Å². The lowest BCUT2D eigenvalue weighted by molar-refractivity contribution is -0.140. The van der Waals surface area contributed by atoms with Crippen LogP contribution in [0.4, 0.5) is 0 Å². The molecule has 0 aliphatic heterocycles. The third-order valence-corrected chi connectivity index (χ3v) is 2.06. The van der Waals surface area contributed by atoms with Crippen LogP contribution < -0.4 is 5.32 Å². The summed E-state index contributed by atoms with van der Waals surface area (Å²) in [6, 6.07) is 0. The summed E-state index contributed by atoms with van der Waals surface area (Å²) in [6.07, 6.45) is 6.96. The first-order valence-corrected chi connectivity index (χ1v) is 5.06. The number of carbonyl (C=O) groups excluding carboxylic acids is 1. The molecule has 0 bridgehead atoms. The van der Waals surface area contributed by atoms with Crippen LogP contribution in [0, 0.1) is 0 Å². The molecule has 1 aromatic rings. The Labute approximate surface area is 89.4 Å². The fraction of sp³-hybridized carbons (Fsp3) is 0.600. The van der Waals surface area contributed by atoms with Crippen molar-refractivity contribution in [1.82, 2.24) is 14.9 Å². The quantitative estimate of drug-likeness (QED) is 0.525. The van der Waals surface area contributed by atoms with Crippen LogP contribution in [0.5, 0.6) is 0 Å². The number of aryl methyl sites for hydroxylation is 1. The maximum atomic E-state index is 10.8. The second-order valence-corrected chi connectivity index (χ2v) is 3.23. The minimum Gasteiger partial charge on any atom is -0.469 e. The molecule has 15 heavy (non-hydrogen) atoms. The Hall–Kier alpha value is -1.36. The maximum absolute atomic E-state index is 10.8. The summed E-state index contributed by atoms with van der Waals surface area (Å²) in [4.78, 5) is 14.7. The number of hydrogen-bond acceptors (Lipinski definition) is 4. The average Bonchev–Trinajstić information content (AvgIpc) is 2.75. The molecule has 0 saturated carbocycles. The van der Waals surface area contributed by atoms with Crippen molar-refractivity contribution in [2.45, 2.75) is 19.4 Å². The standard InChI is InChI=1S/C10H17N3O2/c1-15-10(14)3-5-11-4-2-7-13-8-6-12-9-13/h6,8-9,11H,2-5,7H2,1H3. The van der Waals surface area contributed by atoms with Gasteiger partial charge >= 0.3 is 5.97 Å². The molecule has 0 amide bonds. The summed E-state index contributed by atoms with van der Waals surface area (Å²) in [5.41, 5.74) is 0. The molecule has 0 aromatic carbocycles. The summed E-state index contributed by atoms with van der Waals surface area (Å²) in [6.45, 7) is 2.52. The third-order valence-electron chi connectivity index (χ3n) is 2.06. The highest BCUT2D eigenvalue weighted by atomic mass is 16.5. The number of hydrogen-bond donors (Lipinski definition) is 1. The SMILES string of the molecule is COC(=O)CCNCCCn1ccnc1. The molecule has 0 fully saturated rings. The molecule has 0 aliphatic carbocycles. The van der Waals surface area contributed by atoms with Gasteiger partial charge in [-0.1, -0.05) is 0 Å². The smallest absolute Gasteiger partial charge is 0.306 e. The van der Waals surface area contributed by atoms with Gasteiger partial charge in [-0.3, -0.25) is 4.79 Å². The van der Waals surface area contributed by atoms with E-state index < -0.39 is 0 Å². The molecular weight excluding hydrogens is 194 g/mol. The molecule has 1 N–H and O–H groups in total. The molecule has 5 nitrogen and oxygen atoms in total. The number of nitrogens with one attached hydrogen (secondary N) is 1. The molecule has 0 unspecified atom stereocenters. The van der Waals surface area contributed by atoms with E-state index in [0.29, 0.717) is 13.0 Å². The highest BCUT2D eigenvalue weighted by molar-refractivity contribution is 5.69. The fourth-order valence-electron chi connectivity index (χ4n) is 1.22. The predicted molar refractivity (Wildman–Crippen MR) is 56.3 cm³/mol. The van der Waals surface area contributed by atoms with Gasteiger partial charge in [0.05, 0.1) is 19.9 Å². The zero-order valence-corrected chi connectivity index (χ0v) is 8.98. The van der Waals surface area contributed by atoms with Crippen LogP contribution in [-0.2, 0) is 16.1 Å². The summed E-state index contributed by atoms with van der Waals surface area (Å²) < 4.78 is 6.55. The number of rotatable bonds is 7. The van der Waals surface area contributed by atoms with Gasteiger partial charge in [-0.25, -0.2) is 4.98 Å². The van der Waals surface area contributed by atoms with Gasteiger partial charge in [-0.05, 0) is 13.0 Å². The van der Waals surface area contributed by atoms with E-state index >= 15 is 0 Å². The van der Waals surface area contributed by atoms with Gasteiger partial charge in [0.2, 0.25) is 0 Å². The third kappa shape index (κ3) is 5.17. The Morgan fingerprint density at radius 2 is 2.40 bits per heavy atom. The lowest BCUT2D eigenvalue weighted by atomic mass is 10.4. The topological polar surface area (TPSA) is 56.1 Å². The van der Waals surface area contributed by atoms with Gasteiger partial charge in [0, 0.05) is 25.5 Å². The molecule has 0 aliphatic rings. The van der Waals surface area contributed by atoms with Crippen LogP contribution in [-0.4, -0.2) is 35.7 Å². The van der Waals surface area contributed by atoms with Crippen molar-refractivity contribution in [3.05, 3.63) is 18.7 Å². The molecule has 1 aromatic heterocycles. The number of methoxy groups -OCH3 is 1. The molecule has 5 heteroatoms. The fourth-order valence-corrected chi connectivity index (χ4v) is 1.22. The minimum absolute atomic E-state index is 0.169. The van der Waals surface area contributed by atoms with Gasteiger partial charge in [-0.15, -0.1) is 0 Å². The van der Waals surface area contributed by atoms with Gasteiger partial charge in [-0.2, -0.15) is 0 Å². The summed E-state index contributed by atoms with van der Waals surface area (Å²) in [5.74, 6) is -0.169. The number of imidazole rings is 1. The molecule has 0 radical (unpaired) electrons. The van der Waals surface area contributed by atoms with E-state index in [1.165, 1.54) is 7.11 Å². The van der Waals surface area contributed by atoms with Crippen molar-refractivity contribution in [1.29, 1.82) is 0 Å². The predicted octanol–water partition coefficient (Wildman–Crippen LogP) is 0.426. The Morgan fingerprint density at radius 1 is 1.53 bits per heavy atom. The normalized spacial score (nSPS) is 10.2. The number of ether oxygens (including phenoxy) is 1. The summed E-state index contributed by atoms with van der Waals surface area (Å²) >= 11 is 0. The van der Waals surface area contributed by atoms with Gasteiger partial charge in [0.15, 0.2) is 0 Å². The van der Waals surface area contributed by atoms with Crippen LogP contribution >= 0.6 is 0 Å². The van der Waals surface area contributed by atoms with Gasteiger partial charge in [0.25, 0.3) is 0 Å². The molecule has 1 rings (SSSR count). The van der Waals surface area contributed by atoms with Crippen molar-refractivity contribution in [3.63, 3.8) is 0 Å². The molecule has 84 valence electrons. The Bertz CT molecular complexity index is 272. The van der Waals surface area contributed by atoms with E-state index in [1.54, 1.807) is 12.5 Å². The first-order valence-electron chi connectivity index (χ1n) is 5.06. The Kier molecular flexibility index (Phi) is 5.47. The zero-order valence-electron chi connectivity index (χ0n) is 8.98. The van der Waals surface area contributed by atoms with Crippen molar-refractivity contribution in [2.75, 3.05) is 20.2 Å². The highest BCUT2D eigenvalue weighted by Crippen LogP contribution is 1.89. The average molecular weight is 211 g/mol. The van der Waals surface area contributed by atoms with Crippen LogP contribution in [0.3, 0.4) is 0 Å². The number of aromatic nitrogens is 2. The van der Waals surface area contributed by atoms with Crippen molar-refractivity contribution in [3.8, 4) is 0 Å². The lowest BCUT2D eigenvalue weighted by Gasteiger charge is -2.04. The van der Waals surface area contributed by atoms with E-state index in [9.17, 15) is 4.79 Å². The lowest BCUT2D eigenvalue weighted by Crippen LogP contribution is -2.20. The van der Waals surface area contributed by atoms with E-state index in [2.05, 4.69) is 15.0 Å². The maximum Gasteiger partial charge on any atom is 0.306 e. The van der Waals surface area contributed by atoms with Crippen LogP contribution in [0.25, 0.3) is 0 Å². The number of nitrogens with zero attached hydrogens (tertiary/aromatic N) is 2. The Balaban J connectivity index is 1.91. The van der Waals surface area contributed by atoms with Crippen molar-refractivity contribution < 1.29 is 9.53 Å². The highest BCUT2D eigenvalue weighted by Gasteiger charge is 1.97. The molecular formula is C10H17N3O2. The van der Waals surface area contributed by atoms with E-state index in [4.69, 9.17) is 0 Å². The van der Waals surface area contributed by atoms with Crippen LogP contribution in [0.2, 0.25) is 0 Å². The second kappa shape index (κ2) is 7.00. The molecule has 0 atom stereocenters. The number of carbonyl (C=O) groups is 1. The summed E-state index contributed by atoms with van der Waals surface area (Å²) in [7, 11) is 1.40. The van der Waals surface area contributed by atoms with Crippen molar-refractivity contribution >= 4 is 5.97 Å². The van der Waals surface area contributed by atoms with E-state index in [-0.39, 0.29) is 5.97 Å². The van der Waals surface area contributed by atoms with Gasteiger partial charge < -0.3 is 14.6 Å². The largest absolute Gasteiger partial charge is 0.469 e. The Morgan fingerprint density at radius 3 is 3.07 bits per heavy atom. The first kappa shape index (κ1) is 11.7. The van der Waals surface area contributed by atoms with Gasteiger partial charge in [0.1, 0.15) is 0 Å². The number of esters is 1. The molecule has 0 spiro atoms. The first-order chi connectivity index (χ1) is 7.33. The summed E-state index contributed by atoms with van der Waals surface area (Å²) in [5, 5.41) is 3.18.